The Bertz CT molecular complexity index is 491. The molecule has 0 saturated carbocycles. The van der Waals surface area contributed by atoms with E-state index in [1.165, 1.54) is 44.9 Å². The van der Waals surface area contributed by atoms with Gasteiger partial charge in [0.05, 0.1) is 0 Å². The van der Waals surface area contributed by atoms with E-state index in [1.807, 2.05) is 0 Å². The number of ketones is 2. The van der Waals surface area contributed by atoms with Gasteiger partial charge < -0.3 is 0 Å². The molecule has 2 fully saturated rings. The predicted octanol–water partition coefficient (Wildman–Crippen LogP) is 3.87. The van der Waals surface area contributed by atoms with Gasteiger partial charge in [0.15, 0.2) is 11.6 Å². The van der Waals surface area contributed by atoms with Crippen molar-refractivity contribution in [3.8, 4) is 0 Å². The maximum Gasteiger partial charge on any atom is 0.156 e. The molecule has 0 aromatic carbocycles. The van der Waals surface area contributed by atoms with Gasteiger partial charge >= 0.3 is 0 Å². The van der Waals surface area contributed by atoms with E-state index in [0.717, 1.165) is 62.3 Å². The molecule has 0 bridgehead atoms. The highest BCUT2D eigenvalue weighted by atomic mass is 16.1. The van der Waals surface area contributed by atoms with Crippen molar-refractivity contribution in [1.82, 2.24) is 9.80 Å². The Morgan fingerprint density at radius 3 is 1.37 bits per heavy atom. The van der Waals surface area contributed by atoms with Crippen LogP contribution in [0.2, 0.25) is 0 Å². The van der Waals surface area contributed by atoms with Crippen molar-refractivity contribution >= 4 is 11.6 Å². The second-order valence-corrected chi connectivity index (χ2v) is 8.69. The van der Waals surface area contributed by atoms with Crippen LogP contribution in [0.4, 0.5) is 0 Å². The van der Waals surface area contributed by atoms with Crippen LogP contribution in [-0.2, 0) is 9.59 Å². The molecule has 152 valence electrons. The highest BCUT2D eigenvalue weighted by molar-refractivity contribution is 5.93. The van der Waals surface area contributed by atoms with E-state index in [4.69, 9.17) is 0 Å². The molecule has 2 aliphatic heterocycles. The van der Waals surface area contributed by atoms with Crippen molar-refractivity contribution in [3.63, 3.8) is 0 Å². The fourth-order valence-electron chi connectivity index (χ4n) is 4.32. The zero-order chi connectivity index (χ0) is 19.8. The van der Waals surface area contributed by atoms with Crippen molar-refractivity contribution in [2.75, 3.05) is 39.3 Å². The first-order chi connectivity index (χ1) is 12.8. The lowest BCUT2D eigenvalue weighted by atomic mass is 9.86. The summed E-state index contributed by atoms with van der Waals surface area (Å²) in [7, 11) is 0. The molecule has 0 atom stereocenters. The van der Waals surface area contributed by atoms with Crippen molar-refractivity contribution < 1.29 is 9.59 Å². The molecule has 4 nitrogen and oxygen atoms in total. The zero-order valence-corrected chi connectivity index (χ0v) is 17.5. The highest BCUT2D eigenvalue weighted by Gasteiger charge is 2.22. The minimum absolute atomic E-state index is 0.119. The summed E-state index contributed by atoms with van der Waals surface area (Å²) in [6.45, 7) is 16.9. The molecule has 0 aliphatic carbocycles. The second kappa shape index (κ2) is 10.9. The number of hydrogen-bond donors (Lipinski definition) is 0. The Hall–Kier alpha value is -1.26. The summed E-state index contributed by atoms with van der Waals surface area (Å²) >= 11 is 0. The van der Waals surface area contributed by atoms with Crippen LogP contribution in [-0.4, -0.2) is 60.6 Å². The van der Waals surface area contributed by atoms with Gasteiger partial charge in [-0.2, -0.15) is 0 Å². The molecule has 0 aromatic heterocycles. The van der Waals surface area contributed by atoms with Crippen LogP contribution in [0, 0.1) is 11.8 Å². The third-order valence-corrected chi connectivity index (χ3v) is 6.46. The van der Waals surface area contributed by atoms with Crippen LogP contribution in [0.1, 0.15) is 58.8 Å². The fourth-order valence-corrected chi connectivity index (χ4v) is 4.32. The first-order valence-electron chi connectivity index (χ1n) is 10.7. The van der Waals surface area contributed by atoms with Crippen LogP contribution < -0.4 is 0 Å². The number of likely N-dealkylation sites (tertiary alicyclic amines) is 2. The molecule has 0 N–H and O–H groups in total. The van der Waals surface area contributed by atoms with Gasteiger partial charge in [0.25, 0.3) is 0 Å². The molecule has 2 heterocycles. The number of Topliss-reactive ketones (excluding diaryl/α,β-unsaturated/α-hetero) is 2. The highest BCUT2D eigenvalue weighted by Crippen LogP contribution is 2.27. The molecule has 0 amide bonds. The number of piperidine rings is 2. The number of nitrogens with zero attached hydrogens (tertiary/aromatic N) is 2. The summed E-state index contributed by atoms with van der Waals surface area (Å²) < 4.78 is 0. The maximum atomic E-state index is 11.3. The van der Waals surface area contributed by atoms with Gasteiger partial charge in [0, 0.05) is 24.2 Å². The van der Waals surface area contributed by atoms with E-state index >= 15 is 0 Å². The third-order valence-electron chi connectivity index (χ3n) is 6.46. The van der Waals surface area contributed by atoms with E-state index in [-0.39, 0.29) is 11.6 Å². The number of hydrogen-bond acceptors (Lipinski definition) is 4. The molecular formula is C23H38N2O2. The molecule has 0 aromatic rings. The van der Waals surface area contributed by atoms with Gasteiger partial charge in [-0.15, -0.1) is 0 Å². The summed E-state index contributed by atoms with van der Waals surface area (Å²) in [5, 5.41) is 0. The van der Waals surface area contributed by atoms with Crippen molar-refractivity contribution in [2.45, 2.75) is 58.8 Å². The summed E-state index contributed by atoms with van der Waals surface area (Å²) in [6, 6.07) is 0. The summed E-state index contributed by atoms with van der Waals surface area (Å²) in [4.78, 5) is 27.4. The van der Waals surface area contributed by atoms with Crippen LogP contribution in [0.15, 0.2) is 24.3 Å². The van der Waals surface area contributed by atoms with E-state index < -0.39 is 0 Å². The van der Waals surface area contributed by atoms with Crippen LogP contribution in [0.25, 0.3) is 0 Å². The Balaban J connectivity index is 1.55. The minimum Gasteiger partial charge on any atom is -0.299 e. The van der Waals surface area contributed by atoms with Gasteiger partial charge in [-0.1, -0.05) is 32.4 Å². The summed E-state index contributed by atoms with van der Waals surface area (Å²) in [5.74, 6) is 1.94. The second-order valence-electron chi connectivity index (χ2n) is 8.69. The standard InChI is InChI=1S/C23H38N2O2/c1-18(20(3)26)16-24-12-8-22(9-13-24)6-5-7-23-10-14-25(15-11-23)17-19(2)21(4)27/h22-23H,1-2,5-17H2,3-4H3. The number of carbonyl (C=O) groups excluding carboxylic acids is 2. The van der Waals surface area contributed by atoms with E-state index in [2.05, 4.69) is 23.0 Å². The smallest absolute Gasteiger partial charge is 0.156 e. The zero-order valence-electron chi connectivity index (χ0n) is 17.5. The SMILES string of the molecule is C=C(CN1CCC(CCCC2CCN(CC(=C)C(C)=O)CC2)CC1)C(C)=O. The molecule has 0 spiro atoms. The van der Waals surface area contributed by atoms with E-state index in [9.17, 15) is 9.59 Å². The van der Waals surface area contributed by atoms with Crippen LogP contribution >= 0.6 is 0 Å². The lowest BCUT2D eigenvalue weighted by Crippen LogP contribution is -2.36. The first-order valence-corrected chi connectivity index (χ1v) is 10.7. The predicted molar refractivity (Wildman–Crippen MR) is 112 cm³/mol. The monoisotopic (exact) mass is 374 g/mol. The Morgan fingerprint density at radius 1 is 0.741 bits per heavy atom. The summed E-state index contributed by atoms with van der Waals surface area (Å²) in [6.07, 6.45) is 9.09. The fraction of sp³-hybridized carbons (Fsp3) is 0.739. The van der Waals surface area contributed by atoms with Crippen LogP contribution in [0.5, 0.6) is 0 Å². The topological polar surface area (TPSA) is 40.6 Å². The lowest BCUT2D eigenvalue weighted by Gasteiger charge is -2.33. The molecule has 4 heteroatoms. The average Bonchev–Trinajstić information content (AvgIpc) is 2.64. The summed E-state index contributed by atoms with van der Waals surface area (Å²) in [5.41, 5.74) is 1.48. The molecule has 2 saturated heterocycles. The van der Waals surface area contributed by atoms with E-state index in [0.29, 0.717) is 0 Å². The molecule has 0 radical (unpaired) electrons. The van der Waals surface area contributed by atoms with Crippen LogP contribution in [0.3, 0.4) is 0 Å². The Labute approximate surface area is 165 Å². The normalized spacial score (nSPS) is 20.5. The number of rotatable bonds is 10. The maximum absolute atomic E-state index is 11.3. The largest absolute Gasteiger partial charge is 0.299 e. The minimum atomic E-state index is 0.119. The third kappa shape index (κ3) is 7.71. The van der Waals surface area contributed by atoms with Crippen molar-refractivity contribution in [1.29, 1.82) is 0 Å². The Morgan fingerprint density at radius 2 is 1.07 bits per heavy atom. The quantitative estimate of drug-likeness (QED) is 0.544. The van der Waals surface area contributed by atoms with Gasteiger partial charge in [0.1, 0.15) is 0 Å². The lowest BCUT2D eigenvalue weighted by molar-refractivity contribution is -0.114. The average molecular weight is 375 g/mol. The van der Waals surface area contributed by atoms with Crippen molar-refractivity contribution in [2.24, 2.45) is 11.8 Å². The van der Waals surface area contributed by atoms with Gasteiger partial charge in [-0.3, -0.25) is 19.4 Å². The molecule has 2 rings (SSSR count). The van der Waals surface area contributed by atoms with Gasteiger partial charge in [-0.05, 0) is 77.5 Å². The number of carbonyl (C=O) groups is 2. The first kappa shape index (κ1) is 22.0. The van der Waals surface area contributed by atoms with E-state index in [1.54, 1.807) is 13.8 Å². The Kier molecular flexibility index (Phi) is 8.91. The molecule has 0 unspecified atom stereocenters. The van der Waals surface area contributed by atoms with Crippen molar-refractivity contribution in [3.05, 3.63) is 24.3 Å². The van der Waals surface area contributed by atoms with Gasteiger partial charge in [0.2, 0.25) is 0 Å². The molecule has 27 heavy (non-hydrogen) atoms. The molecular weight excluding hydrogens is 336 g/mol. The molecule has 2 aliphatic rings. The van der Waals surface area contributed by atoms with Gasteiger partial charge in [-0.25, -0.2) is 0 Å².